The van der Waals surface area contributed by atoms with Gasteiger partial charge in [0.2, 0.25) is 0 Å². The number of benzene rings is 1. The maximum atomic E-state index is 13.6. The molecule has 8 heteroatoms. The van der Waals surface area contributed by atoms with Crippen LogP contribution in [0, 0.1) is 5.82 Å². The molecule has 2 aromatic rings. The van der Waals surface area contributed by atoms with E-state index in [0.717, 1.165) is 16.8 Å². The number of carbonyl (C=O) groups is 2. The third-order valence-electron chi connectivity index (χ3n) is 2.46. The lowest BCUT2D eigenvalue weighted by Gasteiger charge is -2.07. The van der Waals surface area contributed by atoms with Gasteiger partial charge >= 0.3 is 5.97 Å². The van der Waals surface area contributed by atoms with E-state index < -0.39 is 23.3 Å². The van der Waals surface area contributed by atoms with Gasteiger partial charge in [-0.25, -0.2) is 13.9 Å². The summed E-state index contributed by atoms with van der Waals surface area (Å²) in [6, 6.07) is 1.91. The van der Waals surface area contributed by atoms with Gasteiger partial charge in [-0.2, -0.15) is 5.10 Å². The molecule has 0 radical (unpaired) electrons. The van der Waals surface area contributed by atoms with Gasteiger partial charge in [-0.05, 0) is 6.07 Å². The van der Waals surface area contributed by atoms with Crippen LogP contribution in [0.1, 0.15) is 20.7 Å². The second kappa shape index (κ2) is 4.41. The Labute approximate surface area is 106 Å². The van der Waals surface area contributed by atoms with Gasteiger partial charge in [0.15, 0.2) is 0 Å². The van der Waals surface area contributed by atoms with Crippen LogP contribution in [0.3, 0.4) is 0 Å². The number of carbonyl (C=O) groups excluding carboxylic acids is 1. The van der Waals surface area contributed by atoms with E-state index in [9.17, 15) is 14.0 Å². The average molecular weight is 264 g/mol. The van der Waals surface area contributed by atoms with Crippen LogP contribution >= 0.6 is 0 Å². The zero-order valence-corrected chi connectivity index (χ0v) is 9.50. The Morgan fingerprint density at radius 3 is 2.58 bits per heavy atom. The van der Waals surface area contributed by atoms with Crippen LogP contribution in [0.2, 0.25) is 0 Å². The molecule has 1 amide bonds. The molecule has 98 valence electrons. The molecule has 2 rings (SSSR count). The van der Waals surface area contributed by atoms with E-state index in [4.69, 9.17) is 16.6 Å². The summed E-state index contributed by atoms with van der Waals surface area (Å²) in [5.41, 5.74) is 10.4. The molecule has 1 aromatic heterocycles. The van der Waals surface area contributed by atoms with E-state index in [2.05, 4.69) is 5.10 Å². The summed E-state index contributed by atoms with van der Waals surface area (Å²) in [5, 5.41) is 12.6. The number of aromatic nitrogens is 2. The number of aromatic carboxylic acids is 1. The largest absolute Gasteiger partial charge is 0.478 e. The first-order valence-electron chi connectivity index (χ1n) is 5.07. The predicted molar refractivity (Wildman–Crippen MR) is 63.4 cm³/mol. The zero-order chi connectivity index (χ0) is 14.2. The van der Waals surface area contributed by atoms with E-state index in [1.807, 2.05) is 0 Å². The van der Waals surface area contributed by atoms with Crippen LogP contribution in [0.15, 0.2) is 24.5 Å². The van der Waals surface area contributed by atoms with Crippen LogP contribution in [-0.2, 0) is 0 Å². The second-order valence-corrected chi connectivity index (χ2v) is 3.73. The Morgan fingerprint density at radius 1 is 1.37 bits per heavy atom. The van der Waals surface area contributed by atoms with Crippen molar-refractivity contribution in [2.75, 3.05) is 5.73 Å². The number of nitrogens with two attached hydrogens (primary N) is 2. The molecule has 1 heterocycles. The van der Waals surface area contributed by atoms with Gasteiger partial charge in [-0.1, -0.05) is 0 Å². The van der Waals surface area contributed by atoms with Gasteiger partial charge in [-0.3, -0.25) is 4.79 Å². The van der Waals surface area contributed by atoms with Gasteiger partial charge in [0.05, 0.1) is 28.7 Å². The van der Waals surface area contributed by atoms with Crippen molar-refractivity contribution >= 4 is 17.6 Å². The molecule has 0 saturated carbocycles. The third kappa shape index (κ3) is 2.23. The monoisotopic (exact) mass is 264 g/mol. The second-order valence-electron chi connectivity index (χ2n) is 3.73. The highest BCUT2D eigenvalue weighted by Gasteiger charge is 2.15. The van der Waals surface area contributed by atoms with E-state index >= 15 is 0 Å². The number of carboxylic acid groups (broad SMARTS) is 1. The summed E-state index contributed by atoms with van der Waals surface area (Å²) in [6.45, 7) is 0. The number of nitrogen functional groups attached to an aromatic ring is 1. The highest BCUT2D eigenvalue weighted by molar-refractivity contribution is 5.92. The molecule has 0 spiro atoms. The first-order valence-corrected chi connectivity index (χ1v) is 5.07. The van der Waals surface area contributed by atoms with Crippen molar-refractivity contribution in [1.82, 2.24) is 9.78 Å². The molecule has 0 saturated heterocycles. The number of amides is 1. The SMILES string of the molecule is NC(=O)c1cnn(-c2cc(F)c(C(=O)O)cc2N)c1. The minimum Gasteiger partial charge on any atom is -0.478 e. The highest BCUT2D eigenvalue weighted by Crippen LogP contribution is 2.21. The maximum absolute atomic E-state index is 13.6. The first-order chi connectivity index (χ1) is 8.90. The van der Waals surface area contributed by atoms with Gasteiger partial charge in [-0.15, -0.1) is 0 Å². The molecule has 0 fully saturated rings. The van der Waals surface area contributed by atoms with E-state index in [1.165, 1.54) is 12.4 Å². The standard InChI is InChI=1S/C11H9FN4O3/c12-7-2-9(8(13)1-6(7)11(18)19)16-4-5(3-15-16)10(14)17/h1-4H,13H2,(H2,14,17)(H,18,19). The van der Waals surface area contributed by atoms with Crippen molar-refractivity contribution in [2.24, 2.45) is 5.73 Å². The summed E-state index contributed by atoms with van der Waals surface area (Å²) in [5.74, 6) is -3.06. The third-order valence-corrected chi connectivity index (χ3v) is 2.46. The fraction of sp³-hybridized carbons (Fsp3) is 0. The fourth-order valence-corrected chi connectivity index (χ4v) is 1.52. The summed E-state index contributed by atoms with van der Waals surface area (Å²) in [7, 11) is 0. The Kier molecular flexibility index (Phi) is 2.91. The smallest absolute Gasteiger partial charge is 0.338 e. The Hall–Kier alpha value is -2.90. The topological polar surface area (TPSA) is 124 Å². The molecule has 0 atom stereocenters. The number of hydrogen-bond donors (Lipinski definition) is 3. The normalized spacial score (nSPS) is 10.4. The molecule has 0 aliphatic carbocycles. The molecular weight excluding hydrogens is 255 g/mol. The number of halogens is 1. The number of anilines is 1. The summed E-state index contributed by atoms with van der Waals surface area (Å²) < 4.78 is 14.7. The quantitative estimate of drug-likeness (QED) is 0.691. The molecule has 0 aliphatic heterocycles. The number of rotatable bonds is 3. The molecule has 0 aliphatic rings. The van der Waals surface area contributed by atoms with Gasteiger partial charge in [0.25, 0.3) is 5.91 Å². The summed E-state index contributed by atoms with van der Waals surface area (Å²) in [6.07, 6.45) is 2.47. The van der Waals surface area contributed by atoms with Gasteiger partial charge < -0.3 is 16.6 Å². The predicted octanol–water partition coefficient (Wildman–Crippen LogP) is 0.391. The van der Waals surface area contributed by atoms with Crippen LogP contribution in [0.5, 0.6) is 0 Å². The minimum atomic E-state index is -1.42. The molecule has 5 N–H and O–H groups in total. The average Bonchev–Trinajstić information content (AvgIpc) is 2.80. The number of hydrogen-bond acceptors (Lipinski definition) is 4. The van der Waals surface area contributed by atoms with E-state index in [-0.39, 0.29) is 16.9 Å². The van der Waals surface area contributed by atoms with Crippen LogP contribution in [0.4, 0.5) is 10.1 Å². The maximum Gasteiger partial charge on any atom is 0.338 e. The molecule has 19 heavy (non-hydrogen) atoms. The van der Waals surface area contributed by atoms with Crippen molar-refractivity contribution in [3.05, 3.63) is 41.5 Å². The Bertz CT molecular complexity index is 681. The van der Waals surface area contributed by atoms with Crippen molar-refractivity contribution < 1.29 is 19.1 Å². The van der Waals surface area contributed by atoms with Crippen LogP contribution in [-0.4, -0.2) is 26.8 Å². The van der Waals surface area contributed by atoms with Crippen molar-refractivity contribution in [3.8, 4) is 5.69 Å². The molecule has 7 nitrogen and oxygen atoms in total. The first kappa shape index (κ1) is 12.6. The number of nitrogens with zero attached hydrogens (tertiary/aromatic N) is 2. The summed E-state index contributed by atoms with van der Waals surface area (Å²) >= 11 is 0. The van der Waals surface area contributed by atoms with E-state index in [0.29, 0.717) is 0 Å². The van der Waals surface area contributed by atoms with Crippen molar-refractivity contribution in [2.45, 2.75) is 0 Å². The number of carboxylic acids is 1. The van der Waals surface area contributed by atoms with Gasteiger partial charge in [0, 0.05) is 12.3 Å². The fourth-order valence-electron chi connectivity index (χ4n) is 1.52. The highest BCUT2D eigenvalue weighted by atomic mass is 19.1. The zero-order valence-electron chi connectivity index (χ0n) is 9.50. The summed E-state index contributed by atoms with van der Waals surface area (Å²) in [4.78, 5) is 21.7. The minimum absolute atomic E-state index is 0.0120. The van der Waals surface area contributed by atoms with Crippen molar-refractivity contribution in [1.29, 1.82) is 0 Å². The Balaban J connectivity index is 2.53. The molecule has 0 bridgehead atoms. The van der Waals surface area contributed by atoms with E-state index in [1.54, 1.807) is 0 Å². The van der Waals surface area contributed by atoms with Crippen LogP contribution in [0.25, 0.3) is 5.69 Å². The van der Waals surface area contributed by atoms with Crippen LogP contribution < -0.4 is 11.5 Å². The lowest BCUT2D eigenvalue weighted by Crippen LogP contribution is -2.10. The Morgan fingerprint density at radius 2 is 2.05 bits per heavy atom. The molecule has 0 unspecified atom stereocenters. The lowest BCUT2D eigenvalue weighted by molar-refractivity contribution is 0.0691. The molecular formula is C11H9FN4O3. The van der Waals surface area contributed by atoms with Crippen molar-refractivity contribution in [3.63, 3.8) is 0 Å². The van der Waals surface area contributed by atoms with Gasteiger partial charge in [0.1, 0.15) is 5.82 Å². The number of primary amides is 1. The lowest BCUT2D eigenvalue weighted by atomic mass is 10.1. The molecule has 1 aromatic carbocycles.